The van der Waals surface area contributed by atoms with Crippen molar-refractivity contribution in [2.24, 2.45) is 5.41 Å². The minimum absolute atomic E-state index is 0.0139. The van der Waals surface area contributed by atoms with Crippen molar-refractivity contribution in [2.75, 3.05) is 11.9 Å². The van der Waals surface area contributed by atoms with Gasteiger partial charge in [-0.25, -0.2) is 15.0 Å². The summed E-state index contributed by atoms with van der Waals surface area (Å²) >= 11 is 7.58. The van der Waals surface area contributed by atoms with E-state index in [9.17, 15) is 4.79 Å². The molecule has 7 nitrogen and oxygen atoms in total. The van der Waals surface area contributed by atoms with E-state index < -0.39 is 11.4 Å². The average Bonchev–Trinajstić information content (AvgIpc) is 3.14. The number of fused-ring (bicyclic) bond motifs is 1. The van der Waals surface area contributed by atoms with Crippen molar-refractivity contribution < 1.29 is 14.6 Å². The molecule has 2 aromatic carbocycles. The molecule has 0 aliphatic carbocycles. The zero-order chi connectivity index (χ0) is 22.0. The van der Waals surface area contributed by atoms with Gasteiger partial charge in [0.15, 0.2) is 5.13 Å². The van der Waals surface area contributed by atoms with E-state index in [0.29, 0.717) is 5.02 Å². The molecule has 9 heteroatoms. The molecule has 0 saturated heterocycles. The number of hydrogen-bond acceptors (Lipinski definition) is 7. The first-order valence-corrected chi connectivity index (χ1v) is 10.6. The molecular formula is C22H19ClN4O3S. The van der Waals surface area contributed by atoms with Crippen LogP contribution in [0.1, 0.15) is 13.8 Å². The molecule has 0 amide bonds. The fraction of sp³-hybridized carbons (Fsp3) is 0.182. The third-order valence-electron chi connectivity index (χ3n) is 4.59. The highest BCUT2D eigenvalue weighted by molar-refractivity contribution is 7.22. The smallest absolute Gasteiger partial charge is 0.316 e. The maximum atomic E-state index is 11.1. The van der Waals surface area contributed by atoms with E-state index >= 15 is 0 Å². The Hall–Kier alpha value is -3.23. The van der Waals surface area contributed by atoms with Gasteiger partial charge in [0.1, 0.15) is 6.61 Å². The molecule has 0 unspecified atom stereocenters. The van der Waals surface area contributed by atoms with E-state index in [2.05, 4.69) is 20.3 Å². The molecular weight excluding hydrogens is 436 g/mol. The van der Waals surface area contributed by atoms with E-state index in [1.165, 1.54) is 11.3 Å². The van der Waals surface area contributed by atoms with Crippen molar-refractivity contribution in [1.82, 2.24) is 15.0 Å². The predicted molar refractivity (Wildman–Crippen MR) is 122 cm³/mol. The molecule has 0 atom stereocenters. The fourth-order valence-electron chi connectivity index (χ4n) is 2.67. The Morgan fingerprint density at radius 3 is 2.52 bits per heavy atom. The Balaban J connectivity index is 1.42. The van der Waals surface area contributed by atoms with Gasteiger partial charge in [0, 0.05) is 28.7 Å². The first-order chi connectivity index (χ1) is 14.8. The minimum Gasteiger partial charge on any atom is -0.481 e. The molecule has 0 bridgehead atoms. The largest absolute Gasteiger partial charge is 0.481 e. The van der Waals surface area contributed by atoms with Crippen LogP contribution in [0.4, 0.5) is 10.8 Å². The number of aromatic nitrogens is 3. The van der Waals surface area contributed by atoms with Crippen LogP contribution in [0.5, 0.6) is 6.01 Å². The number of carboxylic acids is 1. The summed E-state index contributed by atoms with van der Waals surface area (Å²) < 4.78 is 6.44. The monoisotopic (exact) mass is 454 g/mol. The van der Waals surface area contributed by atoms with Crippen molar-refractivity contribution in [3.63, 3.8) is 0 Å². The fourth-order valence-corrected chi connectivity index (χ4v) is 3.83. The Morgan fingerprint density at radius 1 is 1.13 bits per heavy atom. The lowest BCUT2D eigenvalue weighted by atomic mass is 9.95. The molecule has 4 aromatic rings. The molecule has 2 heterocycles. The molecule has 0 saturated carbocycles. The summed E-state index contributed by atoms with van der Waals surface area (Å²) in [5.41, 5.74) is 2.57. The summed E-state index contributed by atoms with van der Waals surface area (Å²) in [6, 6.07) is 13.6. The van der Waals surface area contributed by atoms with Crippen LogP contribution in [-0.4, -0.2) is 32.6 Å². The second-order valence-corrected chi connectivity index (χ2v) is 9.03. The van der Waals surface area contributed by atoms with Crippen LogP contribution >= 0.6 is 22.9 Å². The minimum atomic E-state index is -1.01. The highest BCUT2D eigenvalue weighted by atomic mass is 35.5. The quantitative estimate of drug-likeness (QED) is 0.373. The highest BCUT2D eigenvalue weighted by Gasteiger charge is 2.28. The summed E-state index contributed by atoms with van der Waals surface area (Å²) in [5.74, 6) is -0.938. The molecule has 2 aromatic heterocycles. The number of ether oxygens (including phenoxy) is 1. The van der Waals surface area contributed by atoms with Crippen molar-refractivity contribution in [1.29, 1.82) is 0 Å². The maximum Gasteiger partial charge on any atom is 0.316 e. The number of thiazole rings is 1. The average molecular weight is 455 g/mol. The topological polar surface area (TPSA) is 97.2 Å². The normalized spacial score (nSPS) is 11.5. The summed E-state index contributed by atoms with van der Waals surface area (Å²) in [6.45, 7) is 3.16. The van der Waals surface area contributed by atoms with Gasteiger partial charge < -0.3 is 15.2 Å². The van der Waals surface area contributed by atoms with Gasteiger partial charge in [-0.3, -0.25) is 4.79 Å². The van der Waals surface area contributed by atoms with Crippen LogP contribution in [0.15, 0.2) is 54.9 Å². The summed E-state index contributed by atoms with van der Waals surface area (Å²) in [4.78, 5) is 24.1. The molecule has 0 spiro atoms. The van der Waals surface area contributed by atoms with E-state index in [4.69, 9.17) is 21.4 Å². The Bertz CT molecular complexity index is 1220. The summed E-state index contributed by atoms with van der Waals surface area (Å²) in [5, 5.41) is 13.9. The van der Waals surface area contributed by atoms with Gasteiger partial charge >= 0.3 is 12.0 Å². The Morgan fingerprint density at radius 2 is 1.84 bits per heavy atom. The van der Waals surface area contributed by atoms with Crippen LogP contribution in [0, 0.1) is 5.41 Å². The second kappa shape index (κ2) is 8.49. The van der Waals surface area contributed by atoms with Gasteiger partial charge in [0.2, 0.25) is 0 Å². The first-order valence-electron chi connectivity index (χ1n) is 9.42. The standard InChI is InChI=1S/C22H19ClN4O3S/c1-22(2,19(28)29)12-30-20-24-10-14(11-25-20)13-3-6-16(7-4-13)26-21-27-17-8-5-15(23)9-18(17)31-21/h3-11H,12H2,1-2H3,(H,26,27)(H,28,29). The van der Waals surface area contributed by atoms with Crippen molar-refractivity contribution in [3.8, 4) is 17.1 Å². The number of carbonyl (C=O) groups is 1. The van der Waals surface area contributed by atoms with Crippen molar-refractivity contribution >= 4 is 49.9 Å². The molecule has 158 valence electrons. The van der Waals surface area contributed by atoms with E-state index in [1.54, 1.807) is 26.2 Å². The maximum absolute atomic E-state index is 11.1. The SMILES string of the molecule is CC(C)(COc1ncc(-c2ccc(Nc3nc4ccc(Cl)cc4s3)cc2)cn1)C(=O)O. The zero-order valence-corrected chi connectivity index (χ0v) is 18.4. The van der Waals surface area contributed by atoms with Gasteiger partial charge in [-0.05, 0) is 49.7 Å². The summed E-state index contributed by atoms with van der Waals surface area (Å²) in [7, 11) is 0. The highest BCUT2D eigenvalue weighted by Crippen LogP contribution is 2.31. The molecule has 4 rings (SSSR count). The third-order valence-corrected chi connectivity index (χ3v) is 5.76. The number of nitrogens with zero attached hydrogens (tertiary/aromatic N) is 3. The number of hydrogen-bond donors (Lipinski definition) is 2. The van der Waals surface area contributed by atoms with E-state index in [-0.39, 0.29) is 12.6 Å². The van der Waals surface area contributed by atoms with Crippen LogP contribution in [0.3, 0.4) is 0 Å². The van der Waals surface area contributed by atoms with Gasteiger partial charge in [-0.2, -0.15) is 0 Å². The Labute approximate surface area is 187 Å². The van der Waals surface area contributed by atoms with Crippen LogP contribution in [-0.2, 0) is 4.79 Å². The van der Waals surface area contributed by atoms with Crippen LogP contribution < -0.4 is 10.1 Å². The van der Waals surface area contributed by atoms with Crippen molar-refractivity contribution in [2.45, 2.75) is 13.8 Å². The van der Waals surface area contributed by atoms with Gasteiger partial charge in [-0.15, -0.1) is 0 Å². The number of nitrogens with one attached hydrogen (secondary N) is 1. The first kappa shape index (κ1) is 21.0. The van der Waals surface area contributed by atoms with Crippen LogP contribution in [0.2, 0.25) is 5.02 Å². The van der Waals surface area contributed by atoms with Gasteiger partial charge in [-0.1, -0.05) is 35.1 Å². The molecule has 0 radical (unpaired) electrons. The lowest BCUT2D eigenvalue weighted by molar-refractivity contribution is -0.148. The predicted octanol–water partition coefficient (Wildman–Crippen LogP) is 5.64. The second-order valence-electron chi connectivity index (χ2n) is 7.57. The number of aliphatic carboxylic acids is 1. The van der Waals surface area contributed by atoms with E-state index in [1.807, 2.05) is 42.5 Å². The molecule has 0 fully saturated rings. The molecule has 0 aliphatic rings. The van der Waals surface area contributed by atoms with Gasteiger partial charge in [0.25, 0.3) is 0 Å². The molecule has 2 N–H and O–H groups in total. The number of anilines is 2. The van der Waals surface area contributed by atoms with Crippen LogP contribution in [0.25, 0.3) is 21.3 Å². The summed E-state index contributed by atoms with van der Waals surface area (Å²) in [6.07, 6.45) is 3.30. The Kier molecular flexibility index (Phi) is 5.75. The lowest BCUT2D eigenvalue weighted by Crippen LogP contribution is -2.31. The number of benzene rings is 2. The third kappa shape index (κ3) is 4.92. The van der Waals surface area contributed by atoms with Crippen molar-refractivity contribution in [3.05, 3.63) is 59.9 Å². The van der Waals surface area contributed by atoms with E-state index in [0.717, 1.165) is 32.2 Å². The number of carboxylic acid groups (broad SMARTS) is 1. The van der Waals surface area contributed by atoms with Gasteiger partial charge in [0.05, 0.1) is 15.6 Å². The zero-order valence-electron chi connectivity index (χ0n) is 16.8. The molecule has 31 heavy (non-hydrogen) atoms. The number of halogens is 1. The molecule has 0 aliphatic heterocycles. The number of rotatable bonds is 7. The lowest BCUT2D eigenvalue weighted by Gasteiger charge is -2.18.